The van der Waals surface area contributed by atoms with Gasteiger partial charge in [-0.1, -0.05) is 19.8 Å². The zero-order valence-electron chi connectivity index (χ0n) is 10.8. The molecule has 0 aromatic heterocycles. The molecule has 0 heterocycles. The zero-order chi connectivity index (χ0) is 11.6. The van der Waals surface area contributed by atoms with Gasteiger partial charge in [0.05, 0.1) is 19.3 Å². The van der Waals surface area contributed by atoms with Crippen LogP contribution >= 0.6 is 0 Å². The van der Waals surface area contributed by atoms with Gasteiger partial charge in [-0.2, -0.15) is 0 Å². The lowest BCUT2D eigenvalue weighted by Gasteiger charge is -2.32. The molecule has 0 spiro atoms. The molecule has 1 saturated carbocycles. The van der Waals surface area contributed by atoms with Gasteiger partial charge in [-0.15, -0.1) is 0 Å². The van der Waals surface area contributed by atoms with Gasteiger partial charge in [0.2, 0.25) is 0 Å². The lowest BCUT2D eigenvalue weighted by Crippen LogP contribution is -2.44. The Morgan fingerprint density at radius 3 is 2.69 bits per heavy atom. The molecule has 16 heavy (non-hydrogen) atoms. The normalized spacial score (nSPS) is 25.9. The van der Waals surface area contributed by atoms with E-state index in [0.717, 1.165) is 26.4 Å². The van der Waals surface area contributed by atoms with Crippen molar-refractivity contribution in [3.63, 3.8) is 0 Å². The highest BCUT2D eigenvalue weighted by molar-refractivity contribution is 4.81. The summed E-state index contributed by atoms with van der Waals surface area (Å²) in [4.78, 5) is 0. The first kappa shape index (κ1) is 13.9. The summed E-state index contributed by atoms with van der Waals surface area (Å²) in [6.45, 7) is 7.59. The maximum Gasteiger partial charge on any atom is 0.0729 e. The number of nitrogens with one attached hydrogen (secondary N) is 1. The second-order valence-corrected chi connectivity index (χ2v) is 4.45. The van der Waals surface area contributed by atoms with Crippen molar-refractivity contribution in [3.8, 4) is 0 Å². The zero-order valence-corrected chi connectivity index (χ0v) is 10.8. The largest absolute Gasteiger partial charge is 0.379 e. The van der Waals surface area contributed by atoms with Crippen LogP contribution in [-0.4, -0.2) is 38.5 Å². The molecule has 3 heteroatoms. The topological polar surface area (TPSA) is 30.5 Å². The standard InChI is InChI=1S/C13H27NO2/c1-3-9-14-12-7-5-6-8-13(12)16-11-10-15-4-2/h12-14H,3-11H2,1-2H3. The van der Waals surface area contributed by atoms with Gasteiger partial charge >= 0.3 is 0 Å². The Bertz CT molecular complexity index is 164. The molecule has 0 aromatic carbocycles. The van der Waals surface area contributed by atoms with Crippen LogP contribution in [0.4, 0.5) is 0 Å². The SMILES string of the molecule is CCCNC1CCCCC1OCCOCC. The average molecular weight is 229 g/mol. The van der Waals surface area contributed by atoms with E-state index >= 15 is 0 Å². The minimum atomic E-state index is 0.403. The lowest BCUT2D eigenvalue weighted by molar-refractivity contribution is -0.0237. The Balaban J connectivity index is 2.18. The summed E-state index contributed by atoms with van der Waals surface area (Å²) in [6, 6.07) is 0.565. The van der Waals surface area contributed by atoms with Crippen molar-refractivity contribution in [3.05, 3.63) is 0 Å². The monoisotopic (exact) mass is 229 g/mol. The maximum atomic E-state index is 5.91. The third kappa shape index (κ3) is 5.28. The fourth-order valence-electron chi connectivity index (χ4n) is 2.26. The summed E-state index contributed by atoms with van der Waals surface area (Å²) in [7, 11) is 0. The first-order chi connectivity index (χ1) is 7.88. The smallest absolute Gasteiger partial charge is 0.0729 e. The van der Waals surface area contributed by atoms with Gasteiger partial charge in [0.15, 0.2) is 0 Å². The van der Waals surface area contributed by atoms with E-state index in [2.05, 4.69) is 12.2 Å². The predicted octanol–water partition coefficient (Wildman–Crippen LogP) is 2.35. The minimum Gasteiger partial charge on any atom is -0.379 e. The summed E-state index contributed by atoms with van der Waals surface area (Å²) in [5.74, 6) is 0. The molecular formula is C13H27NO2. The van der Waals surface area contributed by atoms with Crippen LogP contribution in [0.2, 0.25) is 0 Å². The van der Waals surface area contributed by atoms with Crippen LogP contribution in [0, 0.1) is 0 Å². The molecule has 1 aliphatic carbocycles. The van der Waals surface area contributed by atoms with E-state index in [9.17, 15) is 0 Å². The van der Waals surface area contributed by atoms with E-state index in [1.165, 1.54) is 32.1 Å². The van der Waals surface area contributed by atoms with Crippen molar-refractivity contribution in [2.24, 2.45) is 0 Å². The second kappa shape index (κ2) is 8.97. The molecule has 1 aliphatic rings. The predicted molar refractivity (Wildman–Crippen MR) is 66.8 cm³/mol. The molecule has 0 aliphatic heterocycles. The first-order valence-electron chi connectivity index (χ1n) is 6.81. The van der Waals surface area contributed by atoms with Crippen LogP contribution < -0.4 is 5.32 Å². The van der Waals surface area contributed by atoms with Crippen LogP contribution in [0.5, 0.6) is 0 Å². The van der Waals surface area contributed by atoms with E-state index in [4.69, 9.17) is 9.47 Å². The maximum absolute atomic E-state index is 5.91. The third-order valence-electron chi connectivity index (χ3n) is 3.12. The van der Waals surface area contributed by atoms with Gasteiger partial charge in [0.25, 0.3) is 0 Å². The molecule has 96 valence electrons. The van der Waals surface area contributed by atoms with Crippen LogP contribution in [0.1, 0.15) is 46.0 Å². The highest BCUT2D eigenvalue weighted by atomic mass is 16.5. The fraction of sp³-hybridized carbons (Fsp3) is 1.00. The van der Waals surface area contributed by atoms with Gasteiger partial charge < -0.3 is 14.8 Å². The first-order valence-corrected chi connectivity index (χ1v) is 6.81. The average Bonchev–Trinajstić information content (AvgIpc) is 2.33. The molecule has 2 atom stereocenters. The van der Waals surface area contributed by atoms with Crippen LogP contribution in [0.25, 0.3) is 0 Å². The van der Waals surface area contributed by atoms with E-state index < -0.39 is 0 Å². The van der Waals surface area contributed by atoms with Crippen LogP contribution in [0.3, 0.4) is 0 Å². The van der Waals surface area contributed by atoms with Crippen molar-refractivity contribution < 1.29 is 9.47 Å². The summed E-state index contributed by atoms with van der Waals surface area (Å²) in [6.07, 6.45) is 6.71. The molecule has 1 N–H and O–H groups in total. The highest BCUT2D eigenvalue weighted by Crippen LogP contribution is 2.21. The van der Waals surface area contributed by atoms with Gasteiger partial charge in [-0.25, -0.2) is 0 Å². The second-order valence-electron chi connectivity index (χ2n) is 4.45. The number of hydrogen-bond donors (Lipinski definition) is 1. The highest BCUT2D eigenvalue weighted by Gasteiger charge is 2.24. The van der Waals surface area contributed by atoms with E-state index in [0.29, 0.717) is 12.1 Å². The molecule has 0 bridgehead atoms. The van der Waals surface area contributed by atoms with Crippen LogP contribution in [0.15, 0.2) is 0 Å². The van der Waals surface area contributed by atoms with Crippen molar-refractivity contribution in [2.75, 3.05) is 26.4 Å². The van der Waals surface area contributed by atoms with Gasteiger partial charge in [-0.05, 0) is 32.7 Å². The van der Waals surface area contributed by atoms with Gasteiger partial charge in [0, 0.05) is 12.6 Å². The Labute approximate surface area is 99.9 Å². The fourth-order valence-corrected chi connectivity index (χ4v) is 2.26. The van der Waals surface area contributed by atoms with Crippen molar-refractivity contribution in [2.45, 2.75) is 58.1 Å². The molecule has 0 amide bonds. The molecule has 1 fully saturated rings. The molecule has 0 aromatic rings. The van der Waals surface area contributed by atoms with E-state index in [-0.39, 0.29) is 0 Å². The molecule has 0 saturated heterocycles. The van der Waals surface area contributed by atoms with Crippen molar-refractivity contribution >= 4 is 0 Å². The van der Waals surface area contributed by atoms with Crippen molar-refractivity contribution in [1.29, 1.82) is 0 Å². The Kier molecular flexibility index (Phi) is 7.81. The van der Waals surface area contributed by atoms with Gasteiger partial charge in [0.1, 0.15) is 0 Å². The lowest BCUT2D eigenvalue weighted by atomic mass is 9.92. The molecule has 1 rings (SSSR count). The van der Waals surface area contributed by atoms with Gasteiger partial charge in [-0.3, -0.25) is 0 Å². The molecule has 0 radical (unpaired) electrons. The quantitative estimate of drug-likeness (QED) is 0.648. The van der Waals surface area contributed by atoms with Crippen molar-refractivity contribution in [1.82, 2.24) is 5.32 Å². The number of ether oxygens (including phenoxy) is 2. The summed E-state index contributed by atoms with van der Waals surface area (Å²) in [5.41, 5.74) is 0. The third-order valence-corrected chi connectivity index (χ3v) is 3.12. The summed E-state index contributed by atoms with van der Waals surface area (Å²) >= 11 is 0. The molecule has 2 unspecified atom stereocenters. The summed E-state index contributed by atoms with van der Waals surface area (Å²) in [5, 5.41) is 3.60. The molecule has 3 nitrogen and oxygen atoms in total. The Morgan fingerprint density at radius 2 is 1.94 bits per heavy atom. The Hall–Kier alpha value is -0.120. The summed E-state index contributed by atoms with van der Waals surface area (Å²) < 4.78 is 11.2. The van der Waals surface area contributed by atoms with Crippen LogP contribution in [-0.2, 0) is 9.47 Å². The van der Waals surface area contributed by atoms with E-state index in [1.807, 2.05) is 6.92 Å². The number of rotatable bonds is 8. The van der Waals surface area contributed by atoms with E-state index in [1.54, 1.807) is 0 Å². The number of hydrogen-bond acceptors (Lipinski definition) is 3. The minimum absolute atomic E-state index is 0.403. The Morgan fingerprint density at radius 1 is 1.12 bits per heavy atom. The molecular weight excluding hydrogens is 202 g/mol.